The van der Waals surface area contributed by atoms with E-state index in [0.29, 0.717) is 5.92 Å². The molecular formula is C12H22N2O2. The number of hydrogen-bond acceptors (Lipinski definition) is 3. The molecule has 0 aliphatic carbocycles. The molecular weight excluding hydrogens is 204 g/mol. The highest BCUT2D eigenvalue weighted by molar-refractivity contribution is 5.82. The van der Waals surface area contributed by atoms with Crippen LogP contribution < -0.4 is 5.32 Å². The molecule has 16 heavy (non-hydrogen) atoms. The molecule has 2 saturated heterocycles. The number of piperidine rings is 1. The molecule has 2 rings (SSSR count). The van der Waals surface area contributed by atoms with Crippen LogP contribution in [0.5, 0.6) is 0 Å². The van der Waals surface area contributed by atoms with Crippen molar-refractivity contribution in [3.05, 3.63) is 0 Å². The summed E-state index contributed by atoms with van der Waals surface area (Å²) in [5, 5.41) is 12.5. The second-order valence-electron chi connectivity index (χ2n) is 5.15. The van der Waals surface area contributed by atoms with E-state index in [4.69, 9.17) is 0 Å². The highest BCUT2D eigenvalue weighted by Gasteiger charge is 2.34. The van der Waals surface area contributed by atoms with Crippen LogP contribution in [-0.4, -0.2) is 47.7 Å². The Balaban J connectivity index is 1.95. The van der Waals surface area contributed by atoms with Gasteiger partial charge in [0.05, 0.1) is 18.7 Å². The lowest BCUT2D eigenvalue weighted by Gasteiger charge is -2.32. The van der Waals surface area contributed by atoms with Gasteiger partial charge in [0.25, 0.3) is 0 Å². The Morgan fingerprint density at radius 3 is 3.00 bits per heavy atom. The maximum Gasteiger partial charge on any atom is 0.240 e. The standard InChI is InChI=1S/C12H22N2O2/c1-9-4-5-13-11(7-9)12(16)14-6-2-3-10(14)8-15/h9-11,13,15H,2-8H2,1H3/t9?,10-,11?/m0/s1. The molecule has 2 fully saturated rings. The van der Waals surface area contributed by atoms with E-state index >= 15 is 0 Å². The van der Waals surface area contributed by atoms with Gasteiger partial charge in [-0.15, -0.1) is 0 Å². The summed E-state index contributed by atoms with van der Waals surface area (Å²) < 4.78 is 0. The van der Waals surface area contributed by atoms with Crippen molar-refractivity contribution in [2.45, 2.75) is 44.7 Å². The number of aliphatic hydroxyl groups is 1. The smallest absolute Gasteiger partial charge is 0.240 e. The second kappa shape index (κ2) is 5.15. The van der Waals surface area contributed by atoms with Crippen LogP contribution in [0.4, 0.5) is 0 Å². The van der Waals surface area contributed by atoms with Crippen LogP contribution in [0, 0.1) is 5.92 Å². The molecule has 4 heteroatoms. The summed E-state index contributed by atoms with van der Waals surface area (Å²) in [5.74, 6) is 0.827. The highest BCUT2D eigenvalue weighted by Crippen LogP contribution is 2.22. The van der Waals surface area contributed by atoms with Gasteiger partial charge >= 0.3 is 0 Å². The van der Waals surface area contributed by atoms with Gasteiger partial charge in [-0.25, -0.2) is 0 Å². The fourth-order valence-corrected chi connectivity index (χ4v) is 2.81. The van der Waals surface area contributed by atoms with Crippen LogP contribution in [0.1, 0.15) is 32.6 Å². The number of rotatable bonds is 2. The maximum absolute atomic E-state index is 12.3. The Morgan fingerprint density at radius 2 is 2.31 bits per heavy atom. The zero-order valence-corrected chi connectivity index (χ0v) is 9.98. The first-order valence-electron chi connectivity index (χ1n) is 6.37. The number of nitrogens with one attached hydrogen (secondary N) is 1. The van der Waals surface area contributed by atoms with E-state index in [0.717, 1.165) is 38.8 Å². The Kier molecular flexibility index (Phi) is 3.82. The molecule has 0 aromatic rings. The first-order chi connectivity index (χ1) is 7.72. The molecule has 92 valence electrons. The fraction of sp³-hybridized carbons (Fsp3) is 0.917. The predicted octanol–water partition coefficient (Wildman–Crippen LogP) is 0.358. The molecule has 2 heterocycles. The van der Waals surface area contributed by atoms with Gasteiger partial charge in [-0.2, -0.15) is 0 Å². The van der Waals surface area contributed by atoms with Crippen LogP contribution in [0.2, 0.25) is 0 Å². The minimum Gasteiger partial charge on any atom is -0.394 e. The lowest BCUT2D eigenvalue weighted by Crippen LogP contribution is -2.51. The number of nitrogens with zero attached hydrogens (tertiary/aromatic N) is 1. The molecule has 0 saturated carbocycles. The molecule has 0 bridgehead atoms. The van der Waals surface area contributed by atoms with Crippen LogP contribution in [0.25, 0.3) is 0 Å². The number of hydrogen-bond donors (Lipinski definition) is 2. The first-order valence-corrected chi connectivity index (χ1v) is 6.37. The van der Waals surface area contributed by atoms with Gasteiger partial charge in [0, 0.05) is 6.54 Å². The second-order valence-corrected chi connectivity index (χ2v) is 5.15. The highest BCUT2D eigenvalue weighted by atomic mass is 16.3. The van der Waals surface area contributed by atoms with Crippen LogP contribution >= 0.6 is 0 Å². The minimum atomic E-state index is -0.0177. The maximum atomic E-state index is 12.3. The summed E-state index contributed by atoms with van der Waals surface area (Å²) in [6.07, 6.45) is 4.07. The van der Waals surface area contributed by atoms with Crippen molar-refractivity contribution in [2.75, 3.05) is 19.7 Å². The Morgan fingerprint density at radius 1 is 1.50 bits per heavy atom. The summed E-state index contributed by atoms with van der Waals surface area (Å²) in [6.45, 7) is 4.06. The average Bonchev–Trinajstić information content (AvgIpc) is 2.76. The van der Waals surface area contributed by atoms with Crippen molar-refractivity contribution in [1.29, 1.82) is 0 Å². The van der Waals surface area contributed by atoms with Crippen molar-refractivity contribution in [2.24, 2.45) is 5.92 Å². The van der Waals surface area contributed by atoms with Gasteiger partial charge in [-0.3, -0.25) is 4.79 Å². The van der Waals surface area contributed by atoms with Gasteiger partial charge in [0.1, 0.15) is 0 Å². The van der Waals surface area contributed by atoms with E-state index in [2.05, 4.69) is 12.2 Å². The monoisotopic (exact) mass is 226 g/mol. The molecule has 2 aliphatic heterocycles. The zero-order valence-electron chi connectivity index (χ0n) is 9.98. The predicted molar refractivity (Wildman–Crippen MR) is 62.0 cm³/mol. The summed E-state index contributed by atoms with van der Waals surface area (Å²) >= 11 is 0. The van der Waals surface area contributed by atoms with Crippen molar-refractivity contribution in [1.82, 2.24) is 10.2 Å². The Hall–Kier alpha value is -0.610. The lowest BCUT2D eigenvalue weighted by atomic mass is 9.93. The van der Waals surface area contributed by atoms with Crippen LogP contribution in [0.3, 0.4) is 0 Å². The van der Waals surface area contributed by atoms with Crippen molar-refractivity contribution < 1.29 is 9.90 Å². The van der Waals surface area contributed by atoms with E-state index in [-0.39, 0.29) is 24.6 Å². The number of likely N-dealkylation sites (tertiary alicyclic amines) is 1. The Labute approximate surface area is 97.0 Å². The number of amides is 1. The zero-order chi connectivity index (χ0) is 11.5. The van der Waals surface area contributed by atoms with Gasteiger partial charge in [-0.1, -0.05) is 6.92 Å². The quantitative estimate of drug-likeness (QED) is 0.715. The number of aliphatic hydroxyl groups excluding tert-OH is 1. The summed E-state index contributed by atoms with van der Waals surface area (Å²) in [4.78, 5) is 14.1. The minimum absolute atomic E-state index is 0.0177. The van der Waals surface area contributed by atoms with E-state index in [1.54, 1.807) is 0 Å². The molecule has 2 aliphatic rings. The lowest BCUT2D eigenvalue weighted by molar-refractivity contribution is -0.135. The number of carbonyl (C=O) groups is 1. The third-order valence-electron chi connectivity index (χ3n) is 3.84. The van der Waals surface area contributed by atoms with Crippen LogP contribution in [-0.2, 0) is 4.79 Å². The topological polar surface area (TPSA) is 52.6 Å². The molecule has 0 aromatic heterocycles. The molecule has 3 atom stereocenters. The summed E-state index contributed by atoms with van der Waals surface area (Å²) in [7, 11) is 0. The van der Waals surface area contributed by atoms with Crippen molar-refractivity contribution in [3.8, 4) is 0 Å². The molecule has 4 nitrogen and oxygen atoms in total. The van der Waals surface area contributed by atoms with Gasteiger partial charge in [0.2, 0.25) is 5.91 Å². The van der Waals surface area contributed by atoms with E-state index in [1.807, 2.05) is 4.90 Å². The summed E-state index contributed by atoms with van der Waals surface area (Å²) in [5.41, 5.74) is 0. The Bertz CT molecular complexity index is 257. The normalized spacial score (nSPS) is 35.4. The number of carbonyl (C=O) groups excluding carboxylic acids is 1. The third kappa shape index (κ3) is 2.38. The van der Waals surface area contributed by atoms with E-state index in [1.165, 1.54) is 0 Å². The van der Waals surface area contributed by atoms with Crippen molar-refractivity contribution >= 4 is 5.91 Å². The average molecular weight is 226 g/mol. The van der Waals surface area contributed by atoms with Crippen molar-refractivity contribution in [3.63, 3.8) is 0 Å². The SMILES string of the molecule is CC1CCNC(C(=O)N2CCC[C@H]2CO)C1. The van der Waals surface area contributed by atoms with E-state index < -0.39 is 0 Å². The first kappa shape index (κ1) is 11.9. The van der Waals surface area contributed by atoms with Gasteiger partial charge in [-0.05, 0) is 38.1 Å². The summed E-state index contributed by atoms with van der Waals surface area (Å²) in [6, 6.07) is 0.0439. The van der Waals surface area contributed by atoms with Crippen LogP contribution in [0.15, 0.2) is 0 Å². The molecule has 1 amide bonds. The third-order valence-corrected chi connectivity index (χ3v) is 3.84. The van der Waals surface area contributed by atoms with Gasteiger partial charge in [0.15, 0.2) is 0 Å². The van der Waals surface area contributed by atoms with E-state index in [9.17, 15) is 9.90 Å². The largest absolute Gasteiger partial charge is 0.394 e. The molecule has 2 unspecified atom stereocenters. The molecule has 0 aromatic carbocycles. The van der Waals surface area contributed by atoms with Gasteiger partial charge < -0.3 is 15.3 Å². The fourth-order valence-electron chi connectivity index (χ4n) is 2.81. The molecule has 2 N–H and O–H groups in total. The molecule has 0 radical (unpaired) electrons. The molecule has 0 spiro atoms.